The molecule has 1 heterocycles. The summed E-state index contributed by atoms with van der Waals surface area (Å²) < 4.78 is 11.1. The molecular formula is C24H20N2O6. The second-order valence-electron chi connectivity index (χ2n) is 7.30. The van der Waals surface area contributed by atoms with Crippen LogP contribution in [0.5, 0.6) is 5.75 Å². The number of carbonyl (C=O) groups excluding carboxylic acids is 2. The normalized spacial score (nSPS) is 14.8. The average Bonchev–Trinajstić information content (AvgIpc) is 2.81. The van der Waals surface area contributed by atoms with Crippen molar-refractivity contribution in [1.82, 2.24) is 0 Å². The number of nitrogens with zero attached hydrogens (tertiary/aromatic N) is 2. The number of anilines is 1. The van der Waals surface area contributed by atoms with E-state index in [0.717, 1.165) is 5.56 Å². The lowest BCUT2D eigenvalue weighted by molar-refractivity contribution is -0.385. The van der Waals surface area contributed by atoms with Crippen molar-refractivity contribution in [3.63, 3.8) is 0 Å². The summed E-state index contributed by atoms with van der Waals surface area (Å²) in [5.41, 5.74) is 1.88. The number of hydrogen-bond donors (Lipinski definition) is 0. The maximum absolute atomic E-state index is 13.2. The predicted octanol–water partition coefficient (Wildman–Crippen LogP) is 4.23. The van der Waals surface area contributed by atoms with E-state index in [0.29, 0.717) is 17.0 Å². The number of carbonyl (C=O) groups is 2. The summed E-state index contributed by atoms with van der Waals surface area (Å²) in [7, 11) is 0. The molecule has 32 heavy (non-hydrogen) atoms. The van der Waals surface area contributed by atoms with E-state index >= 15 is 0 Å². The van der Waals surface area contributed by atoms with Gasteiger partial charge in [-0.05, 0) is 36.8 Å². The highest BCUT2D eigenvalue weighted by Gasteiger charge is 2.33. The van der Waals surface area contributed by atoms with Crippen LogP contribution in [0, 0.1) is 17.0 Å². The van der Waals surface area contributed by atoms with Crippen LogP contribution in [0.4, 0.5) is 11.4 Å². The largest absolute Gasteiger partial charge is 0.489 e. The van der Waals surface area contributed by atoms with Crippen molar-refractivity contribution >= 4 is 23.3 Å². The van der Waals surface area contributed by atoms with Crippen LogP contribution in [0.25, 0.3) is 0 Å². The van der Waals surface area contributed by atoms with Gasteiger partial charge in [-0.15, -0.1) is 0 Å². The molecule has 1 unspecified atom stereocenters. The van der Waals surface area contributed by atoms with Crippen LogP contribution in [0.2, 0.25) is 0 Å². The topological polar surface area (TPSA) is 99.0 Å². The molecule has 1 aliphatic heterocycles. The van der Waals surface area contributed by atoms with Crippen LogP contribution in [-0.2, 0) is 9.53 Å². The molecule has 0 N–H and O–H groups in total. The smallest absolute Gasteiger partial charge is 0.338 e. The molecule has 162 valence electrons. The van der Waals surface area contributed by atoms with Crippen LogP contribution in [0.15, 0.2) is 72.8 Å². The van der Waals surface area contributed by atoms with Crippen LogP contribution >= 0.6 is 0 Å². The van der Waals surface area contributed by atoms with Gasteiger partial charge in [-0.25, -0.2) is 4.79 Å². The summed E-state index contributed by atoms with van der Waals surface area (Å²) >= 11 is 0. The number of ether oxygens (including phenoxy) is 2. The van der Waals surface area contributed by atoms with Gasteiger partial charge in [0.05, 0.1) is 22.2 Å². The summed E-state index contributed by atoms with van der Waals surface area (Å²) in [6.07, 6.45) is 0. The fourth-order valence-corrected chi connectivity index (χ4v) is 3.69. The van der Waals surface area contributed by atoms with Crippen molar-refractivity contribution in [3.05, 3.63) is 99.6 Å². The number of aryl methyl sites for hydroxylation is 1. The van der Waals surface area contributed by atoms with Gasteiger partial charge in [0.1, 0.15) is 12.4 Å². The quantitative estimate of drug-likeness (QED) is 0.340. The second kappa shape index (κ2) is 8.89. The maximum atomic E-state index is 13.2. The first kappa shape index (κ1) is 21.0. The molecule has 0 aromatic heterocycles. The van der Waals surface area contributed by atoms with E-state index in [2.05, 4.69) is 0 Å². The Morgan fingerprint density at radius 1 is 1.09 bits per heavy atom. The van der Waals surface area contributed by atoms with E-state index in [9.17, 15) is 19.7 Å². The average molecular weight is 432 g/mol. The molecule has 0 saturated heterocycles. The minimum atomic E-state index is -0.728. The zero-order chi connectivity index (χ0) is 22.7. The van der Waals surface area contributed by atoms with Crippen LogP contribution in [-0.4, -0.2) is 30.0 Å². The molecule has 0 saturated carbocycles. The Kier molecular flexibility index (Phi) is 5.85. The van der Waals surface area contributed by atoms with Crippen LogP contribution in [0.3, 0.4) is 0 Å². The van der Waals surface area contributed by atoms with Gasteiger partial charge in [0.25, 0.3) is 11.6 Å². The maximum Gasteiger partial charge on any atom is 0.338 e. The van der Waals surface area contributed by atoms with Gasteiger partial charge in [-0.3, -0.25) is 19.8 Å². The Labute approximate surface area is 184 Å². The zero-order valence-electron chi connectivity index (χ0n) is 17.3. The molecule has 8 heteroatoms. The van der Waals surface area contributed by atoms with Gasteiger partial charge in [-0.2, -0.15) is 0 Å². The first-order valence-corrected chi connectivity index (χ1v) is 9.96. The van der Waals surface area contributed by atoms with Crippen molar-refractivity contribution in [2.75, 3.05) is 18.1 Å². The lowest BCUT2D eigenvalue weighted by atomic mass is 10.0. The third-order valence-electron chi connectivity index (χ3n) is 5.24. The Morgan fingerprint density at radius 2 is 1.81 bits per heavy atom. The summed E-state index contributed by atoms with van der Waals surface area (Å²) in [5, 5.41) is 11.0. The molecule has 0 radical (unpaired) electrons. The molecule has 0 spiro atoms. The highest BCUT2D eigenvalue weighted by molar-refractivity contribution is 5.99. The van der Waals surface area contributed by atoms with Crippen molar-refractivity contribution in [2.24, 2.45) is 0 Å². The number of nitro groups is 1. The fraction of sp³-hybridized carbons (Fsp3) is 0.167. The van der Waals surface area contributed by atoms with Gasteiger partial charge in [0, 0.05) is 11.6 Å². The lowest BCUT2D eigenvalue weighted by Crippen LogP contribution is -2.43. The Bertz CT molecular complexity index is 1180. The summed E-state index contributed by atoms with van der Waals surface area (Å²) in [6.45, 7) is 1.32. The highest BCUT2D eigenvalue weighted by Crippen LogP contribution is 2.39. The summed E-state index contributed by atoms with van der Waals surface area (Å²) in [4.78, 5) is 37.7. The first-order chi connectivity index (χ1) is 15.5. The number of amides is 1. The van der Waals surface area contributed by atoms with Gasteiger partial charge in [0.15, 0.2) is 6.61 Å². The molecule has 1 atom stereocenters. The third kappa shape index (κ3) is 4.15. The summed E-state index contributed by atoms with van der Waals surface area (Å²) in [5.74, 6) is -0.555. The molecule has 8 nitrogen and oxygen atoms in total. The molecule has 3 aromatic rings. The van der Waals surface area contributed by atoms with Crippen molar-refractivity contribution in [2.45, 2.75) is 13.0 Å². The molecule has 0 bridgehead atoms. The fourth-order valence-electron chi connectivity index (χ4n) is 3.69. The molecule has 3 aromatic carbocycles. The zero-order valence-corrected chi connectivity index (χ0v) is 17.3. The highest BCUT2D eigenvalue weighted by atomic mass is 16.6. The van der Waals surface area contributed by atoms with Crippen LogP contribution in [0.1, 0.15) is 27.5 Å². The Balaban J connectivity index is 1.54. The first-order valence-electron chi connectivity index (χ1n) is 9.96. The number of fused-ring (bicyclic) bond motifs is 1. The standard InChI is InChI=1S/C24H20N2O6/c1-16-13-18(11-12-19(16)26(29)30)24(28)32-15-23(27)25-20-9-5-6-10-22(20)31-14-21(25)17-7-3-2-4-8-17/h2-13,21H,14-15H2,1H3. The van der Waals surface area contributed by atoms with E-state index in [1.165, 1.54) is 25.1 Å². The summed E-state index contributed by atoms with van der Waals surface area (Å²) in [6, 6.07) is 20.2. The van der Waals surface area contributed by atoms with Crippen molar-refractivity contribution in [1.29, 1.82) is 0 Å². The van der Waals surface area contributed by atoms with Crippen LogP contribution < -0.4 is 9.64 Å². The van der Waals surface area contributed by atoms with Gasteiger partial charge < -0.3 is 9.47 Å². The number of rotatable bonds is 5. The molecule has 4 rings (SSSR count). The molecular weight excluding hydrogens is 412 g/mol. The van der Waals surface area contributed by atoms with E-state index in [1.807, 2.05) is 42.5 Å². The van der Waals surface area contributed by atoms with E-state index in [-0.39, 0.29) is 23.9 Å². The number of hydrogen-bond acceptors (Lipinski definition) is 6. The number of nitro benzene ring substituents is 1. The predicted molar refractivity (Wildman–Crippen MR) is 117 cm³/mol. The van der Waals surface area contributed by atoms with Crippen molar-refractivity contribution < 1.29 is 24.0 Å². The van der Waals surface area contributed by atoms with E-state index in [1.54, 1.807) is 17.0 Å². The van der Waals surface area contributed by atoms with Gasteiger partial charge >= 0.3 is 5.97 Å². The van der Waals surface area contributed by atoms with Crippen molar-refractivity contribution in [3.8, 4) is 5.75 Å². The SMILES string of the molecule is Cc1cc(C(=O)OCC(=O)N2c3ccccc3OCC2c2ccccc2)ccc1[N+](=O)[O-]. The Hall–Kier alpha value is -4.20. The van der Waals surface area contributed by atoms with E-state index < -0.39 is 23.4 Å². The van der Waals surface area contributed by atoms with Gasteiger partial charge in [-0.1, -0.05) is 42.5 Å². The Morgan fingerprint density at radius 3 is 2.53 bits per heavy atom. The third-order valence-corrected chi connectivity index (χ3v) is 5.24. The second-order valence-corrected chi connectivity index (χ2v) is 7.30. The number of para-hydroxylation sites is 2. The molecule has 0 fully saturated rings. The minimum absolute atomic E-state index is 0.0896. The monoisotopic (exact) mass is 432 g/mol. The number of esters is 1. The molecule has 1 aliphatic rings. The lowest BCUT2D eigenvalue weighted by Gasteiger charge is -2.37. The molecule has 1 amide bonds. The molecule has 0 aliphatic carbocycles. The van der Waals surface area contributed by atoms with E-state index in [4.69, 9.17) is 9.47 Å². The minimum Gasteiger partial charge on any atom is -0.489 e. The number of benzene rings is 3. The van der Waals surface area contributed by atoms with Gasteiger partial charge in [0.2, 0.25) is 0 Å².